The third-order valence-corrected chi connectivity index (χ3v) is 3.75. The monoisotopic (exact) mass is 276 g/mol. The van der Waals surface area contributed by atoms with Gasteiger partial charge in [0.15, 0.2) is 11.0 Å². The molecule has 0 saturated heterocycles. The number of aryl methyl sites for hydroxylation is 1. The van der Waals surface area contributed by atoms with Gasteiger partial charge < -0.3 is 10.3 Å². The number of nitrogens with zero attached hydrogens (tertiary/aromatic N) is 3. The van der Waals surface area contributed by atoms with Gasteiger partial charge in [0.25, 0.3) is 0 Å². The smallest absolute Gasteiger partial charge is 0.218 e. The van der Waals surface area contributed by atoms with Crippen LogP contribution < -0.4 is 5.73 Å². The summed E-state index contributed by atoms with van der Waals surface area (Å²) in [7, 11) is 1.92. The number of rotatable bonds is 5. The summed E-state index contributed by atoms with van der Waals surface area (Å²) in [5.41, 5.74) is 7.35. The number of benzene rings is 1. The molecule has 0 saturated carbocycles. The first-order chi connectivity index (χ1) is 9.08. The van der Waals surface area contributed by atoms with Crippen LogP contribution in [0.4, 0.5) is 0 Å². The number of nitrogens with two attached hydrogens (primary N) is 1. The van der Waals surface area contributed by atoms with E-state index in [2.05, 4.69) is 10.2 Å². The van der Waals surface area contributed by atoms with E-state index in [-0.39, 0.29) is 5.91 Å². The number of thioether (sulfide) groups is 1. The molecule has 100 valence electrons. The zero-order valence-electron chi connectivity index (χ0n) is 11.0. The van der Waals surface area contributed by atoms with Crippen molar-refractivity contribution >= 4 is 17.7 Å². The Morgan fingerprint density at radius 3 is 2.63 bits per heavy atom. The number of carbonyl (C=O) groups excluding carboxylic acids is 1. The molecular weight excluding hydrogens is 260 g/mol. The lowest BCUT2D eigenvalue weighted by Gasteiger charge is -2.03. The van der Waals surface area contributed by atoms with Crippen LogP contribution in [0.1, 0.15) is 12.0 Å². The van der Waals surface area contributed by atoms with Crippen molar-refractivity contribution in [2.45, 2.75) is 18.5 Å². The fraction of sp³-hybridized carbons (Fsp3) is 0.308. The Morgan fingerprint density at radius 2 is 2.00 bits per heavy atom. The zero-order chi connectivity index (χ0) is 13.8. The summed E-state index contributed by atoms with van der Waals surface area (Å²) in [6.45, 7) is 2.05. The summed E-state index contributed by atoms with van der Waals surface area (Å²) >= 11 is 1.48. The van der Waals surface area contributed by atoms with Crippen molar-refractivity contribution in [3.8, 4) is 11.4 Å². The Labute approximate surface area is 116 Å². The highest BCUT2D eigenvalue weighted by Gasteiger charge is 2.11. The third-order valence-electron chi connectivity index (χ3n) is 2.72. The van der Waals surface area contributed by atoms with E-state index < -0.39 is 0 Å². The number of carbonyl (C=O) groups is 1. The van der Waals surface area contributed by atoms with E-state index in [1.807, 2.05) is 42.8 Å². The topological polar surface area (TPSA) is 73.8 Å². The number of amides is 1. The normalized spacial score (nSPS) is 10.6. The van der Waals surface area contributed by atoms with Crippen LogP contribution in [-0.4, -0.2) is 26.4 Å². The summed E-state index contributed by atoms with van der Waals surface area (Å²) in [5.74, 6) is 1.14. The van der Waals surface area contributed by atoms with Gasteiger partial charge in [0, 0.05) is 24.8 Å². The first-order valence-electron chi connectivity index (χ1n) is 5.95. The van der Waals surface area contributed by atoms with Gasteiger partial charge in [0.05, 0.1) is 0 Å². The van der Waals surface area contributed by atoms with Crippen LogP contribution in [0.2, 0.25) is 0 Å². The van der Waals surface area contributed by atoms with E-state index in [0.717, 1.165) is 16.5 Å². The Hall–Kier alpha value is -1.82. The van der Waals surface area contributed by atoms with Gasteiger partial charge in [-0.25, -0.2) is 0 Å². The van der Waals surface area contributed by atoms with Crippen molar-refractivity contribution in [3.63, 3.8) is 0 Å². The van der Waals surface area contributed by atoms with Gasteiger partial charge >= 0.3 is 0 Å². The number of aromatic nitrogens is 3. The number of hydrogen-bond acceptors (Lipinski definition) is 4. The van der Waals surface area contributed by atoms with Crippen LogP contribution in [0.5, 0.6) is 0 Å². The SMILES string of the molecule is Cc1ccc(-c2nnc(SCCC(N)=O)n2C)cc1. The number of hydrogen-bond donors (Lipinski definition) is 1. The fourth-order valence-corrected chi connectivity index (χ4v) is 2.50. The van der Waals surface area contributed by atoms with E-state index in [9.17, 15) is 4.79 Å². The van der Waals surface area contributed by atoms with Crippen molar-refractivity contribution < 1.29 is 4.79 Å². The largest absolute Gasteiger partial charge is 0.370 e. The molecule has 5 nitrogen and oxygen atoms in total. The second-order valence-electron chi connectivity index (χ2n) is 4.30. The molecule has 1 heterocycles. The molecule has 0 fully saturated rings. The predicted molar refractivity (Wildman–Crippen MR) is 75.7 cm³/mol. The van der Waals surface area contributed by atoms with Gasteiger partial charge in [-0.05, 0) is 6.92 Å². The Kier molecular flexibility index (Phi) is 4.21. The first kappa shape index (κ1) is 13.6. The van der Waals surface area contributed by atoms with Gasteiger partial charge in [-0.1, -0.05) is 41.6 Å². The maximum atomic E-state index is 10.7. The summed E-state index contributed by atoms with van der Waals surface area (Å²) < 4.78 is 1.93. The molecule has 0 atom stereocenters. The molecule has 2 rings (SSSR count). The molecule has 1 aromatic carbocycles. The third kappa shape index (κ3) is 3.35. The molecule has 2 aromatic rings. The summed E-state index contributed by atoms with van der Waals surface area (Å²) in [6.07, 6.45) is 0.345. The second-order valence-corrected chi connectivity index (χ2v) is 5.36. The van der Waals surface area contributed by atoms with Crippen LogP contribution in [0, 0.1) is 6.92 Å². The van der Waals surface area contributed by atoms with Gasteiger partial charge in [0.1, 0.15) is 0 Å². The first-order valence-corrected chi connectivity index (χ1v) is 6.94. The lowest BCUT2D eigenvalue weighted by molar-refractivity contribution is -0.117. The Bertz CT molecular complexity index is 577. The predicted octanol–water partition coefficient (Wildman–Crippen LogP) is 1.76. The molecule has 0 bridgehead atoms. The lowest BCUT2D eigenvalue weighted by atomic mass is 10.1. The maximum Gasteiger partial charge on any atom is 0.218 e. The van der Waals surface area contributed by atoms with Crippen molar-refractivity contribution in [3.05, 3.63) is 29.8 Å². The molecule has 0 aliphatic carbocycles. The van der Waals surface area contributed by atoms with Crippen molar-refractivity contribution in [1.29, 1.82) is 0 Å². The van der Waals surface area contributed by atoms with Crippen molar-refractivity contribution in [1.82, 2.24) is 14.8 Å². The Morgan fingerprint density at radius 1 is 1.32 bits per heavy atom. The molecule has 6 heteroatoms. The zero-order valence-corrected chi connectivity index (χ0v) is 11.8. The molecule has 19 heavy (non-hydrogen) atoms. The highest BCUT2D eigenvalue weighted by molar-refractivity contribution is 7.99. The van der Waals surface area contributed by atoms with Crippen LogP contribution in [0.25, 0.3) is 11.4 Å². The van der Waals surface area contributed by atoms with Gasteiger partial charge in [0.2, 0.25) is 5.91 Å². The Balaban J connectivity index is 2.13. The quantitative estimate of drug-likeness (QED) is 0.844. The summed E-state index contributed by atoms with van der Waals surface area (Å²) in [4.78, 5) is 10.7. The van der Waals surface area contributed by atoms with Gasteiger partial charge in [-0.3, -0.25) is 4.79 Å². The minimum atomic E-state index is -0.298. The number of primary amides is 1. The molecule has 1 amide bonds. The maximum absolute atomic E-state index is 10.7. The van der Waals surface area contributed by atoms with E-state index in [4.69, 9.17) is 5.73 Å². The summed E-state index contributed by atoms with van der Waals surface area (Å²) in [6, 6.07) is 8.14. The minimum absolute atomic E-state index is 0.298. The lowest BCUT2D eigenvalue weighted by Crippen LogP contribution is -2.11. The molecule has 0 radical (unpaired) electrons. The second kappa shape index (κ2) is 5.88. The highest BCUT2D eigenvalue weighted by atomic mass is 32.2. The van der Waals surface area contributed by atoms with Gasteiger partial charge in [-0.2, -0.15) is 0 Å². The highest BCUT2D eigenvalue weighted by Crippen LogP contribution is 2.23. The molecule has 1 aromatic heterocycles. The van der Waals surface area contributed by atoms with Crippen molar-refractivity contribution in [2.75, 3.05) is 5.75 Å². The standard InChI is InChI=1S/C13H16N4OS/c1-9-3-5-10(6-4-9)12-15-16-13(17(12)2)19-8-7-11(14)18/h3-6H,7-8H2,1-2H3,(H2,14,18). The van der Waals surface area contributed by atoms with Gasteiger partial charge in [-0.15, -0.1) is 10.2 Å². The molecule has 0 spiro atoms. The average molecular weight is 276 g/mol. The van der Waals surface area contributed by atoms with Crippen LogP contribution >= 0.6 is 11.8 Å². The molecule has 0 unspecified atom stereocenters. The van der Waals surface area contributed by atoms with E-state index >= 15 is 0 Å². The van der Waals surface area contributed by atoms with Crippen LogP contribution in [0.3, 0.4) is 0 Å². The molecule has 2 N–H and O–H groups in total. The van der Waals surface area contributed by atoms with Crippen LogP contribution in [-0.2, 0) is 11.8 Å². The van der Waals surface area contributed by atoms with E-state index in [1.165, 1.54) is 17.3 Å². The van der Waals surface area contributed by atoms with Crippen LogP contribution in [0.15, 0.2) is 29.4 Å². The van der Waals surface area contributed by atoms with E-state index in [0.29, 0.717) is 12.2 Å². The fourth-order valence-electron chi connectivity index (χ4n) is 1.64. The molecule has 0 aliphatic heterocycles. The van der Waals surface area contributed by atoms with E-state index in [1.54, 1.807) is 0 Å². The summed E-state index contributed by atoms with van der Waals surface area (Å²) in [5, 5.41) is 9.11. The molecule has 0 aliphatic rings. The average Bonchev–Trinajstić information content (AvgIpc) is 2.72. The minimum Gasteiger partial charge on any atom is -0.370 e. The molecular formula is C13H16N4OS. The van der Waals surface area contributed by atoms with Crippen molar-refractivity contribution in [2.24, 2.45) is 12.8 Å².